The summed E-state index contributed by atoms with van der Waals surface area (Å²) < 4.78 is 0. The Balaban J connectivity index is 3.13. The summed E-state index contributed by atoms with van der Waals surface area (Å²) in [5.41, 5.74) is 5.28. The molecule has 0 aromatic rings. The lowest BCUT2D eigenvalue weighted by Crippen LogP contribution is -2.24. The standard InChI is InChI=1S/C8H16N2O2/c9-5-3-1-2-4-8(12)10-6-7-11/h7H,1-6,9H2,(H,10,12). The van der Waals surface area contributed by atoms with E-state index >= 15 is 0 Å². The number of carbonyl (C=O) groups is 2. The Labute approximate surface area is 72.5 Å². The molecule has 0 saturated heterocycles. The molecule has 0 radical (unpaired) electrons. The number of hydrogen-bond acceptors (Lipinski definition) is 3. The summed E-state index contributed by atoms with van der Waals surface area (Å²) in [6, 6.07) is 0. The molecule has 0 fully saturated rings. The third-order valence-electron chi connectivity index (χ3n) is 1.49. The average molecular weight is 172 g/mol. The van der Waals surface area contributed by atoms with E-state index in [1.807, 2.05) is 0 Å². The summed E-state index contributed by atoms with van der Waals surface area (Å²) in [7, 11) is 0. The van der Waals surface area contributed by atoms with E-state index in [-0.39, 0.29) is 12.5 Å². The van der Waals surface area contributed by atoms with Gasteiger partial charge in [0.05, 0.1) is 6.54 Å². The van der Waals surface area contributed by atoms with Crippen molar-refractivity contribution in [1.29, 1.82) is 0 Å². The van der Waals surface area contributed by atoms with Gasteiger partial charge < -0.3 is 15.8 Å². The SMILES string of the molecule is NCCCCCC(=O)NCC=O. The fourth-order valence-electron chi connectivity index (χ4n) is 0.851. The highest BCUT2D eigenvalue weighted by Crippen LogP contribution is 1.97. The van der Waals surface area contributed by atoms with Gasteiger partial charge in [0.25, 0.3) is 0 Å². The quantitative estimate of drug-likeness (QED) is 0.413. The predicted molar refractivity (Wildman–Crippen MR) is 46.6 cm³/mol. The minimum Gasteiger partial charge on any atom is -0.349 e. The second-order valence-corrected chi connectivity index (χ2v) is 2.57. The highest BCUT2D eigenvalue weighted by molar-refractivity contribution is 5.78. The van der Waals surface area contributed by atoms with Crippen molar-refractivity contribution in [3.63, 3.8) is 0 Å². The van der Waals surface area contributed by atoms with E-state index in [4.69, 9.17) is 5.73 Å². The normalized spacial score (nSPS) is 9.42. The van der Waals surface area contributed by atoms with Gasteiger partial charge in [-0.2, -0.15) is 0 Å². The largest absolute Gasteiger partial charge is 0.349 e. The Morgan fingerprint density at radius 3 is 2.67 bits per heavy atom. The molecular weight excluding hydrogens is 156 g/mol. The van der Waals surface area contributed by atoms with E-state index in [2.05, 4.69) is 5.32 Å². The van der Waals surface area contributed by atoms with E-state index in [1.54, 1.807) is 0 Å². The van der Waals surface area contributed by atoms with Gasteiger partial charge in [0.1, 0.15) is 6.29 Å². The smallest absolute Gasteiger partial charge is 0.220 e. The first kappa shape index (κ1) is 11.1. The van der Waals surface area contributed by atoms with E-state index < -0.39 is 0 Å². The van der Waals surface area contributed by atoms with Crippen LogP contribution in [0.2, 0.25) is 0 Å². The zero-order chi connectivity index (χ0) is 9.23. The zero-order valence-corrected chi connectivity index (χ0v) is 7.21. The molecule has 4 heteroatoms. The minimum absolute atomic E-state index is 0.0564. The molecule has 0 aromatic carbocycles. The first-order chi connectivity index (χ1) is 5.81. The molecular formula is C8H16N2O2. The maximum absolute atomic E-state index is 10.9. The molecule has 0 aliphatic heterocycles. The number of unbranched alkanes of at least 4 members (excludes halogenated alkanes) is 2. The third-order valence-corrected chi connectivity index (χ3v) is 1.49. The summed E-state index contributed by atoms with van der Waals surface area (Å²) in [4.78, 5) is 20.7. The number of hydrogen-bond donors (Lipinski definition) is 2. The van der Waals surface area contributed by atoms with Crippen molar-refractivity contribution in [2.75, 3.05) is 13.1 Å². The molecule has 0 spiro atoms. The van der Waals surface area contributed by atoms with Crippen LogP contribution >= 0.6 is 0 Å². The van der Waals surface area contributed by atoms with Crippen LogP contribution in [-0.4, -0.2) is 25.3 Å². The van der Waals surface area contributed by atoms with Crippen LogP contribution in [0.15, 0.2) is 0 Å². The fraction of sp³-hybridized carbons (Fsp3) is 0.750. The second-order valence-electron chi connectivity index (χ2n) is 2.57. The van der Waals surface area contributed by atoms with Gasteiger partial charge in [0.15, 0.2) is 0 Å². The zero-order valence-electron chi connectivity index (χ0n) is 7.21. The van der Waals surface area contributed by atoms with Crippen LogP contribution in [0.3, 0.4) is 0 Å². The number of carbonyl (C=O) groups excluding carboxylic acids is 2. The van der Waals surface area contributed by atoms with Crippen LogP contribution in [-0.2, 0) is 9.59 Å². The van der Waals surface area contributed by atoms with Crippen LogP contribution in [0.5, 0.6) is 0 Å². The van der Waals surface area contributed by atoms with Crippen LogP contribution in [0.1, 0.15) is 25.7 Å². The third kappa shape index (κ3) is 7.21. The second kappa shape index (κ2) is 8.20. The van der Waals surface area contributed by atoms with Gasteiger partial charge in [-0.05, 0) is 19.4 Å². The number of rotatable bonds is 7. The van der Waals surface area contributed by atoms with E-state index in [1.165, 1.54) is 0 Å². The van der Waals surface area contributed by atoms with Crippen molar-refractivity contribution in [3.8, 4) is 0 Å². The number of nitrogens with one attached hydrogen (secondary N) is 1. The Bertz CT molecular complexity index is 137. The Kier molecular flexibility index (Phi) is 7.58. The molecule has 0 aliphatic rings. The van der Waals surface area contributed by atoms with Gasteiger partial charge in [-0.1, -0.05) is 6.42 Å². The van der Waals surface area contributed by atoms with Crippen LogP contribution in [0.25, 0.3) is 0 Å². The molecule has 0 saturated carbocycles. The molecule has 0 aliphatic carbocycles. The van der Waals surface area contributed by atoms with Gasteiger partial charge in [-0.15, -0.1) is 0 Å². The molecule has 1 amide bonds. The predicted octanol–water partition coefficient (Wildman–Crippen LogP) is -0.179. The molecule has 3 N–H and O–H groups in total. The molecule has 70 valence electrons. The van der Waals surface area contributed by atoms with E-state index in [0.717, 1.165) is 19.3 Å². The Hall–Kier alpha value is -0.900. The molecule has 0 atom stereocenters. The highest BCUT2D eigenvalue weighted by Gasteiger charge is 1.98. The lowest BCUT2D eigenvalue weighted by molar-refractivity contribution is -0.122. The maximum Gasteiger partial charge on any atom is 0.220 e. The average Bonchev–Trinajstić information content (AvgIpc) is 2.09. The first-order valence-electron chi connectivity index (χ1n) is 4.21. The van der Waals surface area contributed by atoms with Gasteiger partial charge in [0.2, 0.25) is 5.91 Å². The lowest BCUT2D eigenvalue weighted by atomic mass is 10.2. The Morgan fingerprint density at radius 2 is 2.08 bits per heavy atom. The number of nitrogens with two attached hydrogens (primary N) is 1. The molecule has 0 bridgehead atoms. The van der Waals surface area contributed by atoms with Gasteiger partial charge in [-0.25, -0.2) is 0 Å². The van der Waals surface area contributed by atoms with Crippen LogP contribution < -0.4 is 11.1 Å². The van der Waals surface area contributed by atoms with Crippen LogP contribution in [0.4, 0.5) is 0 Å². The van der Waals surface area contributed by atoms with E-state index in [0.29, 0.717) is 19.3 Å². The monoisotopic (exact) mass is 172 g/mol. The van der Waals surface area contributed by atoms with Gasteiger partial charge in [0, 0.05) is 6.42 Å². The fourth-order valence-corrected chi connectivity index (χ4v) is 0.851. The van der Waals surface area contributed by atoms with Crippen molar-refractivity contribution in [2.24, 2.45) is 5.73 Å². The van der Waals surface area contributed by atoms with Crippen molar-refractivity contribution in [3.05, 3.63) is 0 Å². The molecule has 4 nitrogen and oxygen atoms in total. The molecule has 0 heterocycles. The van der Waals surface area contributed by atoms with Gasteiger partial charge in [-0.3, -0.25) is 4.79 Å². The summed E-state index contributed by atoms with van der Waals surface area (Å²) in [6.07, 6.45) is 3.96. The number of aldehydes is 1. The lowest BCUT2D eigenvalue weighted by Gasteiger charge is -2.00. The molecule has 0 unspecified atom stereocenters. The van der Waals surface area contributed by atoms with Crippen molar-refractivity contribution in [1.82, 2.24) is 5.32 Å². The van der Waals surface area contributed by atoms with E-state index in [9.17, 15) is 9.59 Å². The maximum atomic E-state index is 10.9. The van der Waals surface area contributed by atoms with Crippen molar-refractivity contribution >= 4 is 12.2 Å². The first-order valence-corrected chi connectivity index (χ1v) is 4.21. The summed E-state index contributed by atoms with van der Waals surface area (Å²) in [6.45, 7) is 0.797. The molecule has 0 aromatic heterocycles. The topological polar surface area (TPSA) is 72.2 Å². The Morgan fingerprint density at radius 1 is 1.33 bits per heavy atom. The van der Waals surface area contributed by atoms with Crippen molar-refractivity contribution < 1.29 is 9.59 Å². The number of amides is 1. The molecule has 0 rings (SSSR count). The van der Waals surface area contributed by atoms with Gasteiger partial charge >= 0.3 is 0 Å². The highest BCUT2D eigenvalue weighted by atomic mass is 16.2. The van der Waals surface area contributed by atoms with Crippen LogP contribution in [0, 0.1) is 0 Å². The molecule has 12 heavy (non-hydrogen) atoms. The minimum atomic E-state index is -0.0564. The summed E-state index contributed by atoms with van der Waals surface area (Å²) >= 11 is 0. The summed E-state index contributed by atoms with van der Waals surface area (Å²) in [5.74, 6) is -0.0564. The summed E-state index contributed by atoms with van der Waals surface area (Å²) in [5, 5.41) is 2.47. The van der Waals surface area contributed by atoms with Crippen molar-refractivity contribution in [2.45, 2.75) is 25.7 Å².